The van der Waals surface area contributed by atoms with Crippen LogP contribution in [0.2, 0.25) is 5.02 Å². The summed E-state index contributed by atoms with van der Waals surface area (Å²) in [5.74, 6) is -0.417. The SMILES string of the molecule is Cc1ccc(NS(=O)(=O)c2ccc(Cl)c(C(=O)NCCc3ccccc3)c2)cc1C. The van der Waals surface area contributed by atoms with Crippen LogP contribution in [0.25, 0.3) is 0 Å². The lowest BCUT2D eigenvalue weighted by molar-refractivity contribution is 0.0954. The molecule has 3 aromatic rings. The van der Waals surface area contributed by atoms with Crippen molar-refractivity contribution >= 4 is 33.2 Å². The monoisotopic (exact) mass is 442 g/mol. The van der Waals surface area contributed by atoms with Gasteiger partial charge in [0.25, 0.3) is 15.9 Å². The van der Waals surface area contributed by atoms with E-state index < -0.39 is 15.9 Å². The predicted molar refractivity (Wildman–Crippen MR) is 121 cm³/mol. The first-order chi connectivity index (χ1) is 14.3. The lowest BCUT2D eigenvalue weighted by Gasteiger charge is -2.12. The molecule has 0 aliphatic carbocycles. The first-order valence-corrected chi connectivity index (χ1v) is 11.3. The lowest BCUT2D eigenvalue weighted by Crippen LogP contribution is -2.26. The molecule has 0 saturated heterocycles. The zero-order chi connectivity index (χ0) is 21.7. The molecule has 3 rings (SSSR count). The Labute approximate surface area is 182 Å². The Morgan fingerprint density at radius 3 is 2.37 bits per heavy atom. The van der Waals surface area contributed by atoms with Gasteiger partial charge in [0.15, 0.2) is 0 Å². The van der Waals surface area contributed by atoms with Gasteiger partial charge in [-0.25, -0.2) is 8.42 Å². The Balaban J connectivity index is 1.74. The highest BCUT2D eigenvalue weighted by molar-refractivity contribution is 7.92. The van der Waals surface area contributed by atoms with Crippen LogP contribution in [0.1, 0.15) is 27.0 Å². The number of carbonyl (C=O) groups is 1. The zero-order valence-corrected chi connectivity index (χ0v) is 18.3. The largest absolute Gasteiger partial charge is 0.352 e. The van der Waals surface area contributed by atoms with Crippen molar-refractivity contribution in [2.24, 2.45) is 0 Å². The van der Waals surface area contributed by atoms with Gasteiger partial charge in [0.2, 0.25) is 0 Å². The van der Waals surface area contributed by atoms with Gasteiger partial charge < -0.3 is 5.32 Å². The Morgan fingerprint density at radius 1 is 0.933 bits per heavy atom. The summed E-state index contributed by atoms with van der Waals surface area (Å²) in [5, 5.41) is 2.98. The molecular weight excluding hydrogens is 420 g/mol. The topological polar surface area (TPSA) is 75.3 Å². The maximum Gasteiger partial charge on any atom is 0.261 e. The number of nitrogens with one attached hydrogen (secondary N) is 2. The number of anilines is 1. The summed E-state index contributed by atoms with van der Waals surface area (Å²) in [5.41, 5.74) is 3.72. The van der Waals surface area contributed by atoms with Crippen LogP contribution in [-0.2, 0) is 16.4 Å². The molecule has 0 heterocycles. The summed E-state index contributed by atoms with van der Waals surface area (Å²) in [6.07, 6.45) is 0.663. The van der Waals surface area contributed by atoms with Crippen LogP contribution in [0.5, 0.6) is 0 Å². The number of hydrogen-bond donors (Lipinski definition) is 2. The van der Waals surface area contributed by atoms with Gasteiger partial charge >= 0.3 is 0 Å². The third-order valence-corrected chi connectivity index (χ3v) is 6.50. The second-order valence-corrected chi connectivity index (χ2v) is 9.13. The highest BCUT2D eigenvalue weighted by Gasteiger charge is 2.19. The molecule has 0 bridgehead atoms. The molecule has 0 aliphatic heterocycles. The fourth-order valence-corrected chi connectivity index (χ4v) is 4.20. The number of carbonyl (C=O) groups excluding carboxylic acids is 1. The Hall–Kier alpha value is -2.83. The Morgan fingerprint density at radius 2 is 1.67 bits per heavy atom. The second kappa shape index (κ2) is 9.32. The average molecular weight is 443 g/mol. The van der Waals surface area contributed by atoms with E-state index in [-0.39, 0.29) is 15.5 Å². The van der Waals surface area contributed by atoms with Gasteiger partial charge in [-0.1, -0.05) is 48.0 Å². The minimum atomic E-state index is -3.87. The van der Waals surface area contributed by atoms with Gasteiger partial charge in [0, 0.05) is 12.2 Å². The molecule has 0 fully saturated rings. The quantitative estimate of drug-likeness (QED) is 0.555. The number of sulfonamides is 1. The fourth-order valence-electron chi connectivity index (χ4n) is 2.92. The number of rotatable bonds is 7. The molecule has 0 aromatic heterocycles. The van der Waals surface area contributed by atoms with Crippen LogP contribution in [0.3, 0.4) is 0 Å². The molecule has 5 nitrogen and oxygen atoms in total. The van der Waals surface area contributed by atoms with E-state index in [0.717, 1.165) is 16.7 Å². The van der Waals surface area contributed by atoms with E-state index in [1.807, 2.05) is 50.2 Å². The third-order valence-electron chi connectivity index (χ3n) is 4.79. The van der Waals surface area contributed by atoms with Crippen molar-refractivity contribution in [2.75, 3.05) is 11.3 Å². The molecule has 0 atom stereocenters. The zero-order valence-electron chi connectivity index (χ0n) is 16.8. The van der Waals surface area contributed by atoms with Gasteiger partial charge in [-0.2, -0.15) is 0 Å². The minimum absolute atomic E-state index is 0.0293. The summed E-state index contributed by atoms with van der Waals surface area (Å²) in [7, 11) is -3.87. The molecular formula is C23H23ClN2O3S. The molecule has 0 spiro atoms. The van der Waals surface area contributed by atoms with E-state index in [1.54, 1.807) is 12.1 Å². The van der Waals surface area contributed by atoms with Crippen LogP contribution in [-0.4, -0.2) is 20.9 Å². The standard InChI is InChI=1S/C23H23ClN2O3S/c1-16-8-9-19(14-17(16)2)26-30(28,29)20-10-11-22(24)21(15-20)23(27)25-13-12-18-6-4-3-5-7-18/h3-11,14-15,26H,12-13H2,1-2H3,(H,25,27). The lowest BCUT2D eigenvalue weighted by atomic mass is 10.1. The summed E-state index contributed by atoms with van der Waals surface area (Å²) in [6.45, 7) is 4.28. The second-order valence-electron chi connectivity index (χ2n) is 7.04. The highest BCUT2D eigenvalue weighted by Crippen LogP contribution is 2.23. The van der Waals surface area contributed by atoms with E-state index >= 15 is 0 Å². The van der Waals surface area contributed by atoms with Crippen molar-refractivity contribution in [3.05, 3.63) is 94.0 Å². The van der Waals surface area contributed by atoms with Crippen molar-refractivity contribution in [1.29, 1.82) is 0 Å². The first kappa shape index (κ1) is 21.9. The van der Waals surface area contributed by atoms with Crippen molar-refractivity contribution in [1.82, 2.24) is 5.32 Å². The highest BCUT2D eigenvalue weighted by atomic mass is 35.5. The molecule has 1 amide bonds. The van der Waals surface area contributed by atoms with E-state index in [0.29, 0.717) is 18.7 Å². The van der Waals surface area contributed by atoms with Crippen molar-refractivity contribution < 1.29 is 13.2 Å². The Kier molecular flexibility index (Phi) is 6.80. The molecule has 2 N–H and O–H groups in total. The van der Waals surface area contributed by atoms with Crippen molar-refractivity contribution in [3.63, 3.8) is 0 Å². The van der Waals surface area contributed by atoms with Crippen molar-refractivity contribution in [3.8, 4) is 0 Å². The third kappa shape index (κ3) is 5.40. The molecule has 0 saturated carbocycles. The van der Waals surface area contributed by atoms with Gasteiger partial charge in [-0.3, -0.25) is 9.52 Å². The van der Waals surface area contributed by atoms with Gasteiger partial charge in [0.1, 0.15) is 0 Å². The van der Waals surface area contributed by atoms with E-state index in [2.05, 4.69) is 10.0 Å². The number of benzene rings is 3. The summed E-state index contributed by atoms with van der Waals surface area (Å²) in [6, 6.07) is 19.2. The van der Waals surface area contributed by atoms with Crippen LogP contribution in [0.15, 0.2) is 71.6 Å². The number of hydrogen-bond acceptors (Lipinski definition) is 3. The van der Waals surface area contributed by atoms with E-state index in [1.165, 1.54) is 18.2 Å². The van der Waals surface area contributed by atoms with Crippen molar-refractivity contribution in [2.45, 2.75) is 25.2 Å². The predicted octanol–water partition coefficient (Wildman–Crippen LogP) is 4.73. The molecule has 0 radical (unpaired) electrons. The smallest absolute Gasteiger partial charge is 0.261 e. The maximum atomic E-state index is 12.8. The van der Waals surface area contributed by atoms with E-state index in [9.17, 15) is 13.2 Å². The molecule has 156 valence electrons. The normalized spacial score (nSPS) is 11.2. The molecule has 0 unspecified atom stereocenters. The minimum Gasteiger partial charge on any atom is -0.352 e. The molecule has 3 aromatic carbocycles. The van der Waals surface area contributed by atoms with E-state index in [4.69, 9.17) is 11.6 Å². The van der Waals surface area contributed by atoms with Gasteiger partial charge in [0.05, 0.1) is 15.5 Å². The van der Waals surface area contributed by atoms with Gasteiger partial charge in [-0.05, 0) is 67.3 Å². The Bertz CT molecular complexity index is 1160. The summed E-state index contributed by atoms with van der Waals surface area (Å²) < 4.78 is 28.1. The summed E-state index contributed by atoms with van der Waals surface area (Å²) in [4.78, 5) is 12.5. The van der Waals surface area contributed by atoms with Crippen LogP contribution in [0.4, 0.5) is 5.69 Å². The number of aryl methyl sites for hydroxylation is 2. The van der Waals surface area contributed by atoms with Crippen LogP contribution in [0, 0.1) is 13.8 Å². The average Bonchev–Trinajstić information content (AvgIpc) is 2.71. The summed E-state index contributed by atoms with van der Waals surface area (Å²) >= 11 is 6.16. The van der Waals surface area contributed by atoms with Crippen LogP contribution >= 0.6 is 11.6 Å². The number of amides is 1. The maximum absolute atomic E-state index is 12.8. The molecule has 0 aliphatic rings. The number of halogens is 1. The van der Waals surface area contributed by atoms with Gasteiger partial charge in [-0.15, -0.1) is 0 Å². The molecule has 7 heteroatoms. The fraction of sp³-hybridized carbons (Fsp3) is 0.174. The molecule has 30 heavy (non-hydrogen) atoms. The van der Waals surface area contributed by atoms with Crippen LogP contribution < -0.4 is 10.0 Å². The first-order valence-electron chi connectivity index (χ1n) is 9.48.